The number of benzene rings is 1. The molecule has 0 radical (unpaired) electrons. The minimum Gasteiger partial charge on any atom is -0.508 e. The van der Waals surface area contributed by atoms with Crippen LogP contribution in [0.1, 0.15) is 134 Å². The molecule has 0 aliphatic carbocycles. The number of guanidine groups is 6. The molecule has 0 bridgehead atoms. The van der Waals surface area contributed by atoms with Crippen molar-refractivity contribution in [1.82, 2.24) is 85.1 Å². The Bertz CT molecular complexity index is 3200. The lowest BCUT2D eigenvalue weighted by Gasteiger charge is -2.28. The number of rotatable bonds is 58. The van der Waals surface area contributed by atoms with Gasteiger partial charge >= 0.3 is 0 Å². The highest BCUT2D eigenvalue weighted by atomic mass is 16.3. The lowest BCUT2D eigenvalue weighted by atomic mass is 10.0. The Morgan fingerprint density at radius 1 is 0.318 bits per heavy atom. The molecule has 0 fully saturated rings. The van der Waals surface area contributed by atoms with Crippen molar-refractivity contribution in [2.45, 2.75) is 195 Å². The fourth-order valence-corrected chi connectivity index (χ4v) is 10.6. The molecule has 46 heteroatoms. The zero-order chi connectivity index (χ0) is 82.7. The van der Waals surface area contributed by atoms with Gasteiger partial charge in [0.2, 0.25) is 70.9 Å². The van der Waals surface area contributed by atoms with Gasteiger partial charge in [-0.3, -0.25) is 90.0 Å². The highest BCUT2D eigenvalue weighted by molar-refractivity contribution is 5.99. The summed E-state index contributed by atoms with van der Waals surface area (Å²) in [4.78, 5) is 168. The molecule has 0 aliphatic heterocycles. The summed E-state index contributed by atoms with van der Waals surface area (Å²) in [5.74, 6) is -13.6. The van der Waals surface area contributed by atoms with Crippen LogP contribution < -0.4 is 148 Å². The summed E-state index contributed by atoms with van der Waals surface area (Å²) in [7, 11) is 0. The first kappa shape index (κ1) is 96.2. The number of primary amides is 2. The minimum absolute atomic E-state index is 0.00117. The molecule has 12 amide bonds. The lowest BCUT2D eigenvalue weighted by Crippen LogP contribution is -2.60. The molecule has 10 atom stereocenters. The normalized spacial score (nSPS) is 13.5. The van der Waals surface area contributed by atoms with E-state index in [-0.39, 0.29) is 179 Å². The molecule has 0 aliphatic rings. The monoisotopic (exact) mass is 1560 g/mol. The SMILES string of the molecule is N=C(N)NCCC[C@H](NC(=O)[C@H](CCCNC(=N)N)NC(=O)[C@H](CCCNC(=N)N)NC(=O)[C@H](CCCNC(=N)N)NC(=O)[C@H](CCCNC(=N)N)NC(=O)[C@H](CCCCN)NC(=O)[C@H](CCC(N)=O)NC(=O)[C@H](CCCCN)NC(=O)[C@H](CCCNC(=N)N)NC(=O)CNC(=O)[C@@H](N)Cc1ccc(O)cc1)C(N)=O. The number of nitrogens with one attached hydrogen (secondary N) is 22. The van der Waals surface area contributed by atoms with Gasteiger partial charge < -0.3 is 153 Å². The van der Waals surface area contributed by atoms with Crippen molar-refractivity contribution < 1.29 is 62.6 Å². The molecule has 0 heterocycles. The molecular weight excluding hydrogens is 1440 g/mol. The summed E-state index contributed by atoms with van der Waals surface area (Å²) in [5.41, 5.74) is 62.4. The maximum Gasteiger partial charge on any atom is 0.243 e. The summed E-state index contributed by atoms with van der Waals surface area (Å²) < 4.78 is 0. The molecular formula is C64H119N33O13. The van der Waals surface area contributed by atoms with Crippen LogP contribution in [0.3, 0.4) is 0 Å². The smallest absolute Gasteiger partial charge is 0.243 e. The number of nitrogens with two attached hydrogens (primary N) is 11. The number of carbonyl (C=O) groups is 12. The van der Waals surface area contributed by atoms with Crippen LogP contribution in [0.2, 0.25) is 0 Å². The van der Waals surface area contributed by atoms with Gasteiger partial charge in [-0.05, 0) is 159 Å². The van der Waals surface area contributed by atoms with Gasteiger partial charge in [-0.1, -0.05) is 12.1 Å². The van der Waals surface area contributed by atoms with Gasteiger partial charge in [0.1, 0.15) is 60.1 Å². The number of aromatic hydroxyl groups is 1. The molecule has 1 rings (SSSR count). The third-order valence-electron chi connectivity index (χ3n) is 16.4. The Morgan fingerprint density at radius 2 is 0.564 bits per heavy atom. The van der Waals surface area contributed by atoms with Crippen LogP contribution in [0.5, 0.6) is 5.75 Å². The first-order valence-corrected chi connectivity index (χ1v) is 36.1. The predicted octanol–water partition coefficient (Wildman–Crippen LogP) is -10.7. The van der Waals surface area contributed by atoms with Crippen LogP contribution in [0.15, 0.2) is 24.3 Å². The van der Waals surface area contributed by atoms with E-state index >= 15 is 0 Å². The molecule has 1 aromatic rings. The Hall–Kier alpha value is -11.8. The van der Waals surface area contributed by atoms with Crippen LogP contribution in [0, 0.1) is 32.5 Å². The quantitative estimate of drug-likeness (QED) is 0.0164. The van der Waals surface area contributed by atoms with Gasteiger partial charge in [-0.2, -0.15) is 0 Å². The molecule has 0 saturated heterocycles. The lowest BCUT2D eigenvalue weighted by molar-refractivity contribution is -0.136. The predicted molar refractivity (Wildman–Crippen MR) is 409 cm³/mol. The Labute approximate surface area is 637 Å². The molecule has 45 N–H and O–H groups in total. The van der Waals surface area contributed by atoms with Crippen molar-refractivity contribution in [2.24, 2.45) is 63.1 Å². The average Bonchev–Trinajstić information content (AvgIpc) is 0.862. The van der Waals surface area contributed by atoms with Crippen molar-refractivity contribution in [2.75, 3.05) is 58.9 Å². The van der Waals surface area contributed by atoms with E-state index in [0.717, 1.165) is 0 Å². The third-order valence-corrected chi connectivity index (χ3v) is 16.4. The Kier molecular flexibility index (Phi) is 47.8. The van der Waals surface area contributed by atoms with Crippen molar-refractivity contribution >= 4 is 107 Å². The number of unbranched alkanes of at least 4 members (excludes halogenated alkanes) is 2. The van der Waals surface area contributed by atoms with Crippen LogP contribution in [-0.2, 0) is 64.0 Å². The van der Waals surface area contributed by atoms with Gasteiger partial charge in [0.05, 0.1) is 12.6 Å². The zero-order valence-corrected chi connectivity index (χ0v) is 62.0. The topological polar surface area (TPSA) is 847 Å². The zero-order valence-electron chi connectivity index (χ0n) is 62.0. The van der Waals surface area contributed by atoms with Gasteiger partial charge in [0.25, 0.3) is 0 Å². The van der Waals surface area contributed by atoms with Crippen molar-refractivity contribution in [3.8, 4) is 5.75 Å². The van der Waals surface area contributed by atoms with Crippen LogP contribution in [0.25, 0.3) is 0 Å². The van der Waals surface area contributed by atoms with Crippen molar-refractivity contribution in [3.05, 3.63) is 29.8 Å². The van der Waals surface area contributed by atoms with E-state index in [1.165, 1.54) is 12.1 Å². The summed E-state index contributed by atoms with van der Waals surface area (Å²) in [6.07, 6.45) is -0.524. The second kappa shape index (κ2) is 54.7. The van der Waals surface area contributed by atoms with E-state index in [4.69, 9.17) is 95.5 Å². The molecule has 1 aromatic carbocycles. The number of carbonyl (C=O) groups excluding carboxylic acids is 12. The van der Waals surface area contributed by atoms with E-state index in [1.54, 1.807) is 12.1 Å². The van der Waals surface area contributed by atoms with Gasteiger partial charge in [0, 0.05) is 45.7 Å². The summed E-state index contributed by atoms with van der Waals surface area (Å²) >= 11 is 0. The van der Waals surface area contributed by atoms with Crippen LogP contribution in [0.4, 0.5) is 0 Å². The van der Waals surface area contributed by atoms with E-state index < -0.39 is 175 Å². The first-order chi connectivity index (χ1) is 52.1. The highest BCUT2D eigenvalue weighted by Gasteiger charge is 2.36. The van der Waals surface area contributed by atoms with E-state index in [1.807, 2.05) is 0 Å². The van der Waals surface area contributed by atoms with E-state index in [9.17, 15) is 62.6 Å². The number of hydrogen-bond acceptors (Lipinski definition) is 22. The fourth-order valence-electron chi connectivity index (χ4n) is 10.6. The molecule has 0 spiro atoms. The number of phenols is 1. The van der Waals surface area contributed by atoms with E-state index in [2.05, 4.69) is 85.1 Å². The second-order valence-electron chi connectivity index (χ2n) is 25.7. The first-order valence-electron chi connectivity index (χ1n) is 36.1. The fraction of sp³-hybridized carbons (Fsp3) is 0.625. The van der Waals surface area contributed by atoms with Crippen molar-refractivity contribution in [3.63, 3.8) is 0 Å². The van der Waals surface area contributed by atoms with Crippen LogP contribution >= 0.6 is 0 Å². The second-order valence-corrected chi connectivity index (χ2v) is 25.7. The third kappa shape index (κ3) is 44.3. The van der Waals surface area contributed by atoms with Crippen LogP contribution in [-0.4, -0.2) is 231 Å². The number of amides is 12. The molecule has 0 saturated carbocycles. The minimum atomic E-state index is -1.67. The number of hydrogen-bond donors (Lipinski definition) is 34. The van der Waals surface area contributed by atoms with Crippen molar-refractivity contribution in [1.29, 1.82) is 32.5 Å². The molecule has 46 nitrogen and oxygen atoms in total. The number of phenolic OH excluding ortho intramolecular Hbond substituents is 1. The molecule has 110 heavy (non-hydrogen) atoms. The maximum absolute atomic E-state index is 14.8. The summed E-state index contributed by atoms with van der Waals surface area (Å²) in [5, 5.41) is 96.5. The van der Waals surface area contributed by atoms with Gasteiger partial charge in [0.15, 0.2) is 35.8 Å². The summed E-state index contributed by atoms with van der Waals surface area (Å²) in [6.45, 7) is -0.153. The Morgan fingerprint density at radius 3 is 0.818 bits per heavy atom. The van der Waals surface area contributed by atoms with E-state index in [0.29, 0.717) is 18.4 Å². The Balaban J connectivity index is 3.86. The van der Waals surface area contributed by atoms with Gasteiger partial charge in [-0.15, -0.1) is 0 Å². The molecule has 0 aromatic heterocycles. The maximum atomic E-state index is 14.8. The highest BCUT2D eigenvalue weighted by Crippen LogP contribution is 2.14. The van der Waals surface area contributed by atoms with Gasteiger partial charge in [-0.25, -0.2) is 0 Å². The molecule has 0 unspecified atom stereocenters. The molecule has 618 valence electrons. The standard InChI is InChI=1S/C64H119N33O13/c65-25-3-1-11-40(92-58(110)46(23-24-47(68)99)97-54(106)41(12-2-4-26-66)91-51(103)39(14-6-28-83-60(72)73)89-48(100)34-88-50(102)37(67)33-35-19-21-36(98)22-20-35)53(105)94-43(16-8-30-85-62(76)77)56(108)96-45(18-10-32-87-64(80)81)57(109)95-44(17-9-31-86-63(78)79)55(107)93-42(15-7-29-84-61(74)75)52(104)90-38(49(69)101)13-5-27-82-59(70)71/h19-22,37-46,98H,1-18,23-34,65-67H2,(H2,68,99)(H2,69,101)(H,88,102)(H,89,100)(H,90,104)(H,91,103)(H,92,110)(H,93,107)(H,94,105)(H,95,109)(H,96,108)(H,97,106)(H4,70,71,82)(H4,72,73,83)(H4,74,75,84)(H4,76,77,85)(H4,78,79,86)(H4,80,81,87)/t37-,38-,39-,40-,41-,42-,43-,44-,45-,46-/m0/s1. The average molecular weight is 1560 g/mol. The largest absolute Gasteiger partial charge is 0.508 e. The summed E-state index contributed by atoms with van der Waals surface area (Å²) in [6, 6.07) is -8.62.